The van der Waals surface area contributed by atoms with Gasteiger partial charge in [-0.1, -0.05) is 0 Å². The van der Waals surface area contributed by atoms with Crippen LogP contribution >= 0.6 is 0 Å². The second-order valence-corrected chi connectivity index (χ2v) is 2.74. The fourth-order valence-electron chi connectivity index (χ4n) is 0.500. The zero-order chi connectivity index (χ0) is 8.91. The summed E-state index contributed by atoms with van der Waals surface area (Å²) in [6.07, 6.45) is 0. The van der Waals surface area contributed by atoms with Crippen LogP contribution < -0.4 is 5.32 Å². The molecule has 0 aliphatic rings. The molecule has 0 amide bonds. The normalized spacial score (nSPS) is 10.6. The van der Waals surface area contributed by atoms with Crippen molar-refractivity contribution in [2.75, 3.05) is 13.1 Å². The number of hydrogen-bond donors (Lipinski definition) is 2. The van der Waals surface area contributed by atoms with Crippen molar-refractivity contribution in [2.45, 2.75) is 19.4 Å². The number of rotatable bonds is 4. The summed E-state index contributed by atoms with van der Waals surface area (Å²) in [5.41, 5.74) is -0.926. The predicted octanol–water partition coefficient (Wildman–Crippen LogP) is 0.358. The van der Waals surface area contributed by atoms with Gasteiger partial charge in [-0.3, -0.25) is 10.1 Å². The lowest BCUT2D eigenvalue weighted by atomic mass is 10.1. The molecule has 0 bridgehead atoms. The van der Waals surface area contributed by atoms with Crippen LogP contribution in [0.15, 0.2) is 0 Å². The van der Waals surface area contributed by atoms with E-state index in [4.69, 9.17) is 11.7 Å². The van der Waals surface area contributed by atoms with Gasteiger partial charge in [-0.15, -0.1) is 0 Å². The Labute approximate surface area is 66.0 Å². The van der Waals surface area contributed by atoms with Gasteiger partial charge in [0.15, 0.2) is 0 Å². The highest BCUT2D eigenvalue weighted by molar-refractivity contribution is 5.77. The first-order valence-electron chi connectivity index (χ1n) is 3.32. The molecule has 0 rings (SSSR count). The molecule has 0 saturated carbocycles. The largest absolute Gasteiger partial charge is 0.480 e. The topological polar surface area (TPSA) is 53.7 Å². The highest BCUT2D eigenvalue weighted by Crippen LogP contribution is 2.00. The maximum Gasteiger partial charge on any atom is 0.323 e. The van der Waals surface area contributed by atoms with Crippen LogP contribution in [0.2, 0.25) is 0 Å². The van der Waals surface area contributed by atoms with Crippen molar-refractivity contribution in [3.05, 3.63) is 11.4 Å². The molecule has 0 radical (unpaired) electrons. The van der Waals surface area contributed by atoms with E-state index in [1.807, 2.05) is 0 Å². The Kier molecular flexibility index (Phi) is 3.55. The third-order valence-corrected chi connectivity index (χ3v) is 1.33. The van der Waals surface area contributed by atoms with Crippen LogP contribution in [0.5, 0.6) is 0 Å². The van der Waals surface area contributed by atoms with E-state index in [1.165, 1.54) is 0 Å². The second-order valence-electron chi connectivity index (χ2n) is 2.74. The van der Waals surface area contributed by atoms with Crippen molar-refractivity contribution >= 4 is 5.97 Å². The summed E-state index contributed by atoms with van der Waals surface area (Å²) in [5.74, 6) is -0.900. The highest BCUT2D eigenvalue weighted by Gasteiger charge is 2.25. The first-order chi connectivity index (χ1) is 5.00. The first kappa shape index (κ1) is 9.92. The van der Waals surface area contributed by atoms with Gasteiger partial charge in [0.25, 0.3) is 0 Å². The summed E-state index contributed by atoms with van der Waals surface area (Å²) in [6, 6.07) is 0. The lowest BCUT2D eigenvalue weighted by Crippen LogP contribution is -2.47. The molecule has 0 unspecified atom stereocenters. The van der Waals surface area contributed by atoms with Crippen LogP contribution in [0.25, 0.3) is 4.85 Å². The molecule has 2 N–H and O–H groups in total. The lowest BCUT2D eigenvalue weighted by molar-refractivity contribution is -0.143. The van der Waals surface area contributed by atoms with E-state index >= 15 is 0 Å². The molecule has 0 aliphatic heterocycles. The minimum atomic E-state index is -0.926. The molecular weight excluding hydrogens is 144 g/mol. The highest BCUT2D eigenvalue weighted by atomic mass is 16.4. The van der Waals surface area contributed by atoms with Gasteiger partial charge in [-0.25, -0.2) is 6.57 Å². The summed E-state index contributed by atoms with van der Waals surface area (Å²) in [6.45, 7) is 10.3. The zero-order valence-corrected chi connectivity index (χ0v) is 6.72. The number of carboxylic acid groups (broad SMARTS) is 1. The van der Waals surface area contributed by atoms with E-state index in [0.29, 0.717) is 13.1 Å². The van der Waals surface area contributed by atoms with Gasteiger partial charge in [-0.05, 0) is 13.8 Å². The molecule has 0 atom stereocenters. The molecule has 62 valence electrons. The molecule has 0 aromatic heterocycles. The zero-order valence-electron chi connectivity index (χ0n) is 6.72. The van der Waals surface area contributed by atoms with Gasteiger partial charge >= 0.3 is 5.97 Å². The van der Waals surface area contributed by atoms with Crippen molar-refractivity contribution < 1.29 is 9.90 Å². The molecule has 0 fully saturated rings. The van der Waals surface area contributed by atoms with Gasteiger partial charge < -0.3 is 9.95 Å². The standard InChI is InChI=1S/C7H12N2O2/c1-7(2,6(10)11)9-5-4-8-3/h9H,4-5H2,1-2H3,(H,10,11). The van der Waals surface area contributed by atoms with Crippen molar-refractivity contribution in [3.63, 3.8) is 0 Å². The summed E-state index contributed by atoms with van der Waals surface area (Å²) in [4.78, 5) is 13.6. The van der Waals surface area contributed by atoms with Crippen LogP contribution in [0, 0.1) is 6.57 Å². The van der Waals surface area contributed by atoms with Gasteiger partial charge in [0, 0.05) is 0 Å². The van der Waals surface area contributed by atoms with Crippen molar-refractivity contribution in [1.82, 2.24) is 5.32 Å². The smallest absolute Gasteiger partial charge is 0.323 e. The van der Waals surface area contributed by atoms with E-state index in [1.54, 1.807) is 13.8 Å². The minimum Gasteiger partial charge on any atom is -0.480 e. The number of nitrogens with zero attached hydrogens (tertiary/aromatic N) is 1. The number of hydrogen-bond acceptors (Lipinski definition) is 2. The third-order valence-electron chi connectivity index (χ3n) is 1.33. The van der Waals surface area contributed by atoms with Crippen molar-refractivity contribution in [1.29, 1.82) is 0 Å². The summed E-state index contributed by atoms with van der Waals surface area (Å²) >= 11 is 0. The number of aliphatic carboxylic acids is 1. The van der Waals surface area contributed by atoms with E-state index < -0.39 is 11.5 Å². The van der Waals surface area contributed by atoms with E-state index in [2.05, 4.69) is 10.2 Å². The quantitative estimate of drug-likeness (QED) is 0.456. The van der Waals surface area contributed by atoms with Crippen LogP contribution in [0.3, 0.4) is 0 Å². The first-order valence-corrected chi connectivity index (χ1v) is 3.32. The molecular formula is C7H12N2O2. The maximum atomic E-state index is 10.5. The monoisotopic (exact) mass is 156 g/mol. The maximum absolute atomic E-state index is 10.5. The van der Waals surface area contributed by atoms with Crippen molar-refractivity contribution in [2.24, 2.45) is 0 Å². The third kappa shape index (κ3) is 3.58. The summed E-state index contributed by atoms with van der Waals surface area (Å²) < 4.78 is 0. The minimum absolute atomic E-state index is 0.316. The molecule has 0 spiro atoms. The van der Waals surface area contributed by atoms with Crippen LogP contribution in [0.4, 0.5) is 0 Å². The van der Waals surface area contributed by atoms with Gasteiger partial charge in [0.1, 0.15) is 5.54 Å². The number of carboxylic acids is 1. The van der Waals surface area contributed by atoms with Crippen molar-refractivity contribution in [3.8, 4) is 0 Å². The molecule has 0 aromatic rings. The van der Waals surface area contributed by atoms with E-state index in [0.717, 1.165) is 0 Å². The van der Waals surface area contributed by atoms with E-state index in [9.17, 15) is 4.79 Å². The predicted molar refractivity (Wildman–Crippen MR) is 41.2 cm³/mol. The second kappa shape index (κ2) is 3.94. The Balaban J connectivity index is 3.75. The molecule has 4 heteroatoms. The SMILES string of the molecule is [C-]#[N+]CCNC(C)(C)C(=O)O. The van der Waals surface area contributed by atoms with E-state index in [-0.39, 0.29) is 0 Å². The molecule has 0 heterocycles. The van der Waals surface area contributed by atoms with Crippen LogP contribution in [-0.4, -0.2) is 29.7 Å². The van der Waals surface area contributed by atoms with Crippen LogP contribution in [-0.2, 0) is 4.79 Å². The Morgan fingerprint density at radius 1 is 1.73 bits per heavy atom. The van der Waals surface area contributed by atoms with Gasteiger partial charge in [0.05, 0.1) is 6.54 Å². The molecule has 0 aromatic carbocycles. The van der Waals surface area contributed by atoms with Gasteiger partial charge in [-0.2, -0.15) is 0 Å². The molecule has 11 heavy (non-hydrogen) atoms. The summed E-state index contributed by atoms with van der Waals surface area (Å²) in [5, 5.41) is 11.3. The lowest BCUT2D eigenvalue weighted by Gasteiger charge is -2.18. The Morgan fingerprint density at radius 3 is 2.64 bits per heavy atom. The Morgan fingerprint density at radius 2 is 2.27 bits per heavy atom. The number of carbonyl (C=O) groups is 1. The molecule has 0 saturated heterocycles. The van der Waals surface area contributed by atoms with Crippen LogP contribution in [0.1, 0.15) is 13.8 Å². The Hall–Kier alpha value is -1.08. The summed E-state index contributed by atoms with van der Waals surface area (Å²) in [7, 11) is 0. The number of nitrogens with one attached hydrogen (secondary N) is 1. The average molecular weight is 156 g/mol. The fourth-order valence-corrected chi connectivity index (χ4v) is 0.500. The average Bonchev–Trinajstić information content (AvgIpc) is 1.88. The molecule has 0 aliphatic carbocycles. The Bertz CT molecular complexity index is 181. The molecule has 4 nitrogen and oxygen atoms in total. The fraction of sp³-hybridized carbons (Fsp3) is 0.714. The van der Waals surface area contributed by atoms with Gasteiger partial charge in [0.2, 0.25) is 6.54 Å².